The van der Waals surface area contributed by atoms with Crippen LogP contribution in [0.4, 0.5) is 0 Å². The van der Waals surface area contributed by atoms with E-state index in [2.05, 4.69) is 13.8 Å². The van der Waals surface area contributed by atoms with E-state index in [1.807, 2.05) is 60.7 Å². The number of para-hydroxylation sites is 2. The molecule has 0 aliphatic heterocycles. The van der Waals surface area contributed by atoms with E-state index in [-0.39, 0.29) is 6.16 Å². The first-order chi connectivity index (χ1) is 18.3. The number of benzene rings is 2. The van der Waals surface area contributed by atoms with Crippen molar-refractivity contribution in [1.29, 1.82) is 0 Å². The normalized spacial score (nSPS) is 12.4. The molecule has 220 valence electrons. The Morgan fingerprint density at radius 1 is 0.474 bits per heavy atom. The molecule has 2 aromatic carbocycles. The maximum atomic E-state index is 11.0. The van der Waals surface area contributed by atoms with E-state index >= 15 is 0 Å². The van der Waals surface area contributed by atoms with Crippen molar-refractivity contribution in [2.24, 2.45) is 0 Å². The Hall–Kier alpha value is -1.26. The van der Waals surface area contributed by atoms with Gasteiger partial charge >= 0.3 is 233 Å². The van der Waals surface area contributed by atoms with E-state index < -0.39 is 15.9 Å². The fourth-order valence-corrected chi connectivity index (χ4v) is 6.77. The number of rotatable bonds is 20. The molecule has 0 spiro atoms. The van der Waals surface area contributed by atoms with E-state index in [1.165, 1.54) is 57.8 Å². The monoisotopic (exact) mass is 572 g/mol. The zero-order valence-electron chi connectivity index (χ0n) is 23.7. The topological polar surface area (TPSA) is 99.4 Å². The molecule has 0 bridgehead atoms. The summed E-state index contributed by atoms with van der Waals surface area (Å²) in [5.74, 6) is 1.32. The molecule has 0 atom stereocenters. The van der Waals surface area contributed by atoms with Crippen LogP contribution in [0.25, 0.3) is 0 Å². The van der Waals surface area contributed by atoms with E-state index in [1.54, 1.807) is 0 Å². The summed E-state index contributed by atoms with van der Waals surface area (Å²) >= 11 is 0. The predicted octanol–water partition coefficient (Wildman–Crippen LogP) is 8.59. The van der Waals surface area contributed by atoms with Crippen molar-refractivity contribution < 1.29 is 28.6 Å². The molecule has 0 aromatic heterocycles. The minimum atomic E-state index is -3.74. The van der Waals surface area contributed by atoms with Gasteiger partial charge in [-0.1, -0.05) is 0 Å². The molecule has 0 fully saturated rings. The van der Waals surface area contributed by atoms with Crippen molar-refractivity contribution in [2.75, 3.05) is 12.3 Å². The van der Waals surface area contributed by atoms with Gasteiger partial charge in [-0.3, -0.25) is 0 Å². The van der Waals surface area contributed by atoms with Crippen LogP contribution in [0.5, 0.6) is 11.5 Å². The van der Waals surface area contributed by atoms with Crippen LogP contribution in [0.3, 0.4) is 0 Å². The number of unbranched alkanes of at least 4 members (excludes halogenated alkanes) is 12. The summed E-state index contributed by atoms with van der Waals surface area (Å²) < 4.78 is 11.8. The second-order valence-corrected chi connectivity index (χ2v) is 14.4. The Morgan fingerprint density at radius 2 is 0.816 bits per heavy atom. The van der Waals surface area contributed by atoms with Crippen LogP contribution in [0.1, 0.15) is 104 Å². The Labute approximate surface area is 232 Å². The Bertz CT molecular complexity index is 745. The molecule has 0 saturated heterocycles. The third-order valence-corrected chi connectivity index (χ3v) is 9.37. The third kappa shape index (κ3) is 19.8. The molecule has 0 aliphatic carbocycles. The molecule has 2 rings (SSSR count). The van der Waals surface area contributed by atoms with Gasteiger partial charge in [0, 0.05) is 0 Å². The van der Waals surface area contributed by atoms with Gasteiger partial charge in [-0.25, -0.2) is 0 Å². The molecular formula is C30H54O6P2. The molecular weight excluding hydrogens is 518 g/mol. The molecule has 8 heteroatoms. The summed E-state index contributed by atoms with van der Waals surface area (Å²) in [5.41, 5.74) is 0. The minimum absolute atomic E-state index is 0.196. The summed E-state index contributed by atoms with van der Waals surface area (Å²) in [6.07, 6.45) is 17.1. The van der Waals surface area contributed by atoms with E-state index in [0.717, 1.165) is 32.1 Å². The molecule has 0 radical (unpaired) electrons. The number of hydrogen-bond donors (Lipinski definition) is 4. The van der Waals surface area contributed by atoms with E-state index in [9.17, 15) is 4.89 Å². The van der Waals surface area contributed by atoms with Gasteiger partial charge in [0.1, 0.15) is 0 Å². The number of hydrogen-bond acceptors (Lipinski definition) is 6. The summed E-state index contributed by atoms with van der Waals surface area (Å²) in [7, 11) is -7.04. The maximum absolute atomic E-state index is 11.0. The molecule has 38 heavy (non-hydrogen) atoms. The van der Waals surface area contributed by atoms with Gasteiger partial charge < -0.3 is 0 Å². The Morgan fingerprint density at radius 3 is 1.18 bits per heavy atom. The van der Waals surface area contributed by atoms with Crippen molar-refractivity contribution in [1.82, 2.24) is 0 Å². The molecule has 0 aliphatic rings. The average molecular weight is 573 g/mol. The van der Waals surface area contributed by atoms with Gasteiger partial charge in [-0.05, 0) is 0 Å². The van der Waals surface area contributed by atoms with Crippen LogP contribution in [0.2, 0.25) is 0 Å². The Kier molecular flexibility index (Phi) is 19.7. The van der Waals surface area contributed by atoms with Crippen molar-refractivity contribution in [3.63, 3.8) is 0 Å². The Balaban J connectivity index is 0.000000442. The summed E-state index contributed by atoms with van der Waals surface area (Å²) in [6, 6.07) is 18.9. The molecule has 0 unspecified atom stereocenters. The van der Waals surface area contributed by atoms with Gasteiger partial charge in [0.15, 0.2) is 0 Å². The van der Waals surface area contributed by atoms with Crippen LogP contribution in [-0.4, -0.2) is 31.9 Å². The van der Waals surface area contributed by atoms with Gasteiger partial charge in [0.25, 0.3) is 0 Å². The quantitative estimate of drug-likeness (QED) is 0.0937. The van der Waals surface area contributed by atoms with Crippen molar-refractivity contribution >= 4 is 15.9 Å². The van der Waals surface area contributed by atoms with Crippen LogP contribution in [0, 0.1) is 0 Å². The standard InChI is InChI=1S/C20H29O3P.C10H25O3P/c1-2-3-4-5-6-13-18-24(21,22-19-14-9-7-10-15-19)23-20-16-11-8-12-17-20;1-2-3-4-5-6-7-8-9-10-14(11,12)13/h7-12,14-17,21,24H,2-6,13,18H2,1H3;11-14H,2-10H2,1H3. The van der Waals surface area contributed by atoms with Gasteiger partial charge in [-0.2, -0.15) is 0 Å². The average Bonchev–Trinajstić information content (AvgIpc) is 2.88. The SMILES string of the molecule is CCCCCCCCCC[PH](O)(O)O.CCCCCCCC[PH](O)(Oc1ccccc1)Oc1ccccc1. The molecule has 6 nitrogen and oxygen atoms in total. The molecule has 0 heterocycles. The van der Waals surface area contributed by atoms with Crippen molar-refractivity contribution in [2.45, 2.75) is 104 Å². The van der Waals surface area contributed by atoms with E-state index in [0.29, 0.717) is 17.7 Å². The van der Waals surface area contributed by atoms with Gasteiger partial charge in [0.05, 0.1) is 0 Å². The van der Waals surface area contributed by atoms with Gasteiger partial charge in [0.2, 0.25) is 0 Å². The van der Waals surface area contributed by atoms with E-state index in [4.69, 9.17) is 23.7 Å². The molecule has 2 aromatic rings. The molecule has 4 N–H and O–H groups in total. The second kappa shape index (κ2) is 21.5. The van der Waals surface area contributed by atoms with Gasteiger partial charge in [-0.15, -0.1) is 0 Å². The second-order valence-electron chi connectivity index (χ2n) is 10.1. The van der Waals surface area contributed by atoms with Crippen LogP contribution < -0.4 is 9.05 Å². The zero-order valence-corrected chi connectivity index (χ0v) is 25.7. The summed E-state index contributed by atoms with van der Waals surface area (Å²) in [5, 5.41) is 0. The first kappa shape index (κ1) is 34.8. The first-order valence-corrected chi connectivity index (χ1v) is 18.7. The molecule has 0 amide bonds. The third-order valence-electron chi connectivity index (χ3n) is 6.25. The van der Waals surface area contributed by atoms with Crippen molar-refractivity contribution in [3.8, 4) is 11.5 Å². The first-order valence-electron chi connectivity index (χ1n) is 14.7. The summed E-state index contributed by atoms with van der Waals surface area (Å²) in [4.78, 5) is 37.2. The van der Waals surface area contributed by atoms with Crippen LogP contribution in [-0.2, 0) is 0 Å². The summed E-state index contributed by atoms with van der Waals surface area (Å²) in [6.45, 7) is 4.42. The fourth-order valence-electron chi connectivity index (χ4n) is 4.09. The van der Waals surface area contributed by atoms with Crippen LogP contribution in [0.15, 0.2) is 60.7 Å². The molecule has 0 saturated carbocycles. The van der Waals surface area contributed by atoms with Crippen LogP contribution >= 0.6 is 15.9 Å². The zero-order chi connectivity index (χ0) is 28.0. The van der Waals surface area contributed by atoms with Crippen molar-refractivity contribution in [3.05, 3.63) is 60.7 Å². The predicted molar refractivity (Wildman–Crippen MR) is 165 cm³/mol. The fraction of sp³-hybridized carbons (Fsp3) is 0.600.